The van der Waals surface area contributed by atoms with E-state index in [1.165, 1.54) is 23.9 Å². The van der Waals surface area contributed by atoms with Crippen LogP contribution in [0, 0.1) is 11.3 Å². The Bertz CT molecular complexity index is 1320. The average molecular weight is 614 g/mol. The second-order valence-corrected chi connectivity index (χ2v) is 13.7. The number of hydrogen-bond donors (Lipinski definition) is 1. The molecule has 0 bridgehead atoms. The van der Waals surface area contributed by atoms with Gasteiger partial charge in [-0.15, -0.1) is 0 Å². The normalized spacial score (nSPS) is 18.7. The number of carbonyl (C=O) groups excluding carboxylic acids is 1. The number of hydrogen-bond acceptors (Lipinski definition) is 5. The standard InChI is InChI=1S/C26H33ClF5N3O4S/c1-5-40(37,38)17-9-6-15(7-10-17)14-33-23(36)21-20(27)22(35(4)34-21)18-11-8-16(12-19(18)39-24(28)29)13-25(2,3)26(30,31)32/h8,11-12,15,17,24H,5-7,9-10,13-14H2,1-4H3,(H,33,36)/t15-,17-. The number of nitrogens with one attached hydrogen (secondary N) is 1. The number of halogens is 6. The Balaban J connectivity index is 1.80. The number of rotatable bonds is 10. The van der Waals surface area contributed by atoms with Gasteiger partial charge in [0, 0.05) is 24.9 Å². The van der Waals surface area contributed by atoms with Crippen LogP contribution in [0.25, 0.3) is 11.3 Å². The molecule has 1 fully saturated rings. The number of sulfone groups is 1. The minimum Gasteiger partial charge on any atom is -0.434 e. The summed E-state index contributed by atoms with van der Waals surface area (Å²) in [7, 11) is -1.66. The van der Waals surface area contributed by atoms with Crippen LogP contribution in [0.4, 0.5) is 22.0 Å². The van der Waals surface area contributed by atoms with E-state index in [0.717, 1.165) is 19.9 Å². The highest BCUT2D eigenvalue weighted by molar-refractivity contribution is 7.92. The average Bonchev–Trinajstić information content (AvgIpc) is 3.15. The zero-order chi connectivity index (χ0) is 30.0. The molecule has 0 spiro atoms. The summed E-state index contributed by atoms with van der Waals surface area (Å²) in [4.78, 5) is 12.9. The largest absolute Gasteiger partial charge is 0.434 e. The lowest BCUT2D eigenvalue weighted by molar-refractivity contribution is -0.211. The predicted octanol–water partition coefficient (Wildman–Crippen LogP) is 6.20. The molecular formula is C26H33ClF5N3O4S. The molecule has 1 N–H and O–H groups in total. The van der Waals surface area contributed by atoms with Gasteiger partial charge in [-0.1, -0.05) is 38.4 Å². The second-order valence-electron chi connectivity index (χ2n) is 10.7. The van der Waals surface area contributed by atoms with Gasteiger partial charge in [-0.2, -0.15) is 27.1 Å². The van der Waals surface area contributed by atoms with Crippen LogP contribution in [0.3, 0.4) is 0 Å². The molecule has 1 heterocycles. The van der Waals surface area contributed by atoms with E-state index in [1.54, 1.807) is 6.92 Å². The van der Waals surface area contributed by atoms with Crippen molar-refractivity contribution in [3.05, 3.63) is 34.5 Å². The summed E-state index contributed by atoms with van der Waals surface area (Å²) in [5.74, 6) is -0.831. The number of alkyl halides is 5. The highest BCUT2D eigenvalue weighted by Gasteiger charge is 2.47. The number of aromatic nitrogens is 2. The molecule has 2 aromatic rings. The van der Waals surface area contributed by atoms with Crippen molar-refractivity contribution in [1.29, 1.82) is 0 Å². The van der Waals surface area contributed by atoms with E-state index < -0.39 is 46.1 Å². The molecule has 0 radical (unpaired) electrons. The van der Waals surface area contributed by atoms with E-state index in [1.807, 2.05) is 0 Å². The summed E-state index contributed by atoms with van der Waals surface area (Å²) in [5.41, 5.74) is -2.04. The Morgan fingerprint density at radius 1 is 1.20 bits per heavy atom. The summed E-state index contributed by atoms with van der Waals surface area (Å²) in [6, 6.07) is 3.78. The van der Waals surface area contributed by atoms with Gasteiger partial charge in [0.25, 0.3) is 5.91 Å². The summed E-state index contributed by atoms with van der Waals surface area (Å²) in [6.45, 7) is 0.662. The Morgan fingerprint density at radius 3 is 2.38 bits per heavy atom. The van der Waals surface area contributed by atoms with Crippen molar-refractivity contribution in [2.75, 3.05) is 12.3 Å². The first-order valence-electron chi connectivity index (χ1n) is 12.8. The van der Waals surface area contributed by atoms with E-state index in [2.05, 4.69) is 15.2 Å². The third kappa shape index (κ3) is 7.26. The van der Waals surface area contributed by atoms with Crippen LogP contribution in [0.15, 0.2) is 18.2 Å². The van der Waals surface area contributed by atoms with Crippen LogP contribution in [0.1, 0.15) is 62.5 Å². The minimum atomic E-state index is -4.52. The summed E-state index contributed by atoms with van der Waals surface area (Å²) >= 11 is 6.48. The van der Waals surface area contributed by atoms with Crippen LogP contribution in [-0.4, -0.2) is 54.4 Å². The maximum atomic E-state index is 13.4. The molecule has 14 heteroatoms. The van der Waals surface area contributed by atoms with Gasteiger partial charge in [0.15, 0.2) is 15.5 Å². The molecule has 1 amide bonds. The maximum Gasteiger partial charge on any atom is 0.394 e. The Kier molecular flexibility index (Phi) is 9.81. The first-order valence-corrected chi connectivity index (χ1v) is 14.9. The number of aryl methyl sites for hydroxylation is 1. The molecule has 0 aliphatic heterocycles. The molecule has 1 saturated carbocycles. The van der Waals surface area contributed by atoms with Crippen LogP contribution >= 0.6 is 11.6 Å². The summed E-state index contributed by atoms with van der Waals surface area (Å²) in [6.07, 6.45) is -2.68. The van der Waals surface area contributed by atoms with Gasteiger partial charge in [-0.25, -0.2) is 8.42 Å². The van der Waals surface area contributed by atoms with Gasteiger partial charge in [-0.05, 0) is 55.7 Å². The molecule has 3 rings (SSSR count). The van der Waals surface area contributed by atoms with E-state index in [4.69, 9.17) is 11.6 Å². The van der Waals surface area contributed by atoms with Gasteiger partial charge in [-0.3, -0.25) is 9.48 Å². The number of carbonyl (C=O) groups is 1. The van der Waals surface area contributed by atoms with Crippen molar-refractivity contribution in [2.45, 2.75) is 70.9 Å². The van der Waals surface area contributed by atoms with Crippen molar-refractivity contribution in [3.8, 4) is 17.0 Å². The molecule has 1 aliphatic carbocycles. The van der Waals surface area contributed by atoms with Crippen LogP contribution < -0.4 is 10.1 Å². The zero-order valence-electron chi connectivity index (χ0n) is 22.6. The molecule has 7 nitrogen and oxygen atoms in total. The SMILES string of the molecule is CCS(=O)(=O)[C@H]1CC[C@H](CNC(=O)c2nn(C)c(-c3ccc(CC(C)(C)C(F)(F)F)cc3OC(F)F)c2Cl)CC1. The highest BCUT2D eigenvalue weighted by Crippen LogP contribution is 2.43. The molecular weight excluding hydrogens is 581 g/mol. The fraction of sp³-hybridized carbons (Fsp3) is 0.615. The fourth-order valence-electron chi connectivity index (χ4n) is 4.86. The van der Waals surface area contributed by atoms with Gasteiger partial charge in [0.2, 0.25) is 0 Å². The quantitative estimate of drug-likeness (QED) is 0.323. The van der Waals surface area contributed by atoms with Gasteiger partial charge >= 0.3 is 12.8 Å². The third-order valence-electron chi connectivity index (χ3n) is 7.39. The smallest absolute Gasteiger partial charge is 0.394 e. The van der Waals surface area contributed by atoms with Crippen molar-refractivity contribution in [2.24, 2.45) is 18.4 Å². The maximum absolute atomic E-state index is 13.4. The fourth-order valence-corrected chi connectivity index (χ4v) is 6.67. The van der Waals surface area contributed by atoms with Gasteiger partial charge < -0.3 is 10.1 Å². The molecule has 1 aromatic carbocycles. The number of amides is 1. The van der Waals surface area contributed by atoms with Crippen molar-refractivity contribution in [1.82, 2.24) is 15.1 Å². The topological polar surface area (TPSA) is 90.3 Å². The third-order valence-corrected chi connectivity index (χ3v) is 10.0. The molecule has 0 unspecified atom stereocenters. The Hall–Kier alpha value is -2.41. The lowest BCUT2D eigenvalue weighted by Crippen LogP contribution is -2.34. The molecule has 0 saturated heterocycles. The number of benzene rings is 1. The summed E-state index contributed by atoms with van der Waals surface area (Å²) in [5, 5.41) is 6.39. The molecule has 224 valence electrons. The Labute approximate surface area is 235 Å². The van der Waals surface area contributed by atoms with Crippen molar-refractivity contribution < 1.29 is 39.9 Å². The van der Waals surface area contributed by atoms with Gasteiger partial charge in [0.1, 0.15) is 5.75 Å². The predicted molar refractivity (Wildman–Crippen MR) is 141 cm³/mol. The highest BCUT2D eigenvalue weighted by atomic mass is 35.5. The lowest BCUT2D eigenvalue weighted by Gasteiger charge is -2.28. The monoisotopic (exact) mass is 613 g/mol. The van der Waals surface area contributed by atoms with Crippen LogP contribution in [0.5, 0.6) is 5.75 Å². The van der Waals surface area contributed by atoms with E-state index in [0.29, 0.717) is 25.7 Å². The molecule has 40 heavy (non-hydrogen) atoms. The summed E-state index contributed by atoms with van der Waals surface area (Å²) < 4.78 is 96.7. The lowest BCUT2D eigenvalue weighted by atomic mass is 9.84. The van der Waals surface area contributed by atoms with Gasteiger partial charge in [0.05, 0.1) is 21.4 Å². The first-order chi connectivity index (χ1) is 18.5. The van der Waals surface area contributed by atoms with E-state index >= 15 is 0 Å². The van der Waals surface area contributed by atoms with Crippen molar-refractivity contribution in [3.63, 3.8) is 0 Å². The minimum absolute atomic E-state index is 0.0309. The molecule has 1 aromatic heterocycles. The van der Waals surface area contributed by atoms with Crippen LogP contribution in [-0.2, 0) is 23.3 Å². The molecule has 1 aliphatic rings. The van der Waals surface area contributed by atoms with Crippen LogP contribution in [0.2, 0.25) is 5.02 Å². The van der Waals surface area contributed by atoms with E-state index in [-0.39, 0.29) is 51.0 Å². The second kappa shape index (κ2) is 12.2. The Morgan fingerprint density at radius 2 is 1.82 bits per heavy atom. The van der Waals surface area contributed by atoms with E-state index in [9.17, 15) is 35.2 Å². The number of ether oxygens (including phenoxy) is 1. The zero-order valence-corrected chi connectivity index (χ0v) is 24.2. The van der Waals surface area contributed by atoms with Crippen molar-refractivity contribution >= 4 is 27.3 Å². The molecule has 0 atom stereocenters. The first kappa shape index (κ1) is 32.1. The number of nitrogens with zero attached hydrogens (tertiary/aromatic N) is 2.